The molecule has 3 aliphatic rings. The van der Waals surface area contributed by atoms with E-state index in [-0.39, 0.29) is 22.1 Å². The van der Waals surface area contributed by atoms with Gasteiger partial charge in [-0.05, 0) is 18.6 Å². The quantitative estimate of drug-likeness (QED) is 0.575. The number of hydrogen-bond acceptors (Lipinski definition) is 9. The Balaban J connectivity index is 1.39. The van der Waals surface area contributed by atoms with Crippen molar-refractivity contribution in [3.8, 4) is 23.3 Å². The van der Waals surface area contributed by atoms with Crippen LogP contribution in [0, 0.1) is 17.2 Å². The van der Waals surface area contributed by atoms with Gasteiger partial charge < -0.3 is 24.0 Å². The van der Waals surface area contributed by atoms with E-state index in [1.165, 1.54) is 26.4 Å². The SMILES string of the molecule is COc1cc(OC)c2c(c1Cl)O[C@@]1(C(=O)C=C(N3CCN(c4ncccc4C#N)CC3)C[C@H]1C)C2=O. The number of ketones is 2. The summed E-state index contributed by atoms with van der Waals surface area (Å²) in [5, 5.41) is 9.53. The zero-order chi connectivity index (χ0) is 25.6. The number of rotatable bonds is 4. The van der Waals surface area contributed by atoms with Crippen molar-refractivity contribution in [1.29, 1.82) is 5.26 Å². The maximum atomic E-state index is 13.7. The molecule has 1 aromatic heterocycles. The van der Waals surface area contributed by atoms with Crippen molar-refractivity contribution in [1.82, 2.24) is 9.88 Å². The molecule has 5 rings (SSSR count). The number of pyridine rings is 1. The van der Waals surface area contributed by atoms with Gasteiger partial charge in [-0.25, -0.2) is 4.98 Å². The summed E-state index contributed by atoms with van der Waals surface area (Å²) in [7, 11) is 2.90. The Bertz CT molecular complexity index is 1330. The number of carbonyl (C=O) groups is 2. The third-order valence-electron chi connectivity index (χ3n) is 7.18. The van der Waals surface area contributed by atoms with Crippen LogP contribution >= 0.6 is 11.6 Å². The van der Waals surface area contributed by atoms with Crippen molar-refractivity contribution in [3.05, 3.63) is 52.3 Å². The number of piperazine rings is 1. The molecule has 1 aliphatic carbocycles. The van der Waals surface area contributed by atoms with Crippen LogP contribution in [0.2, 0.25) is 5.02 Å². The highest BCUT2D eigenvalue weighted by molar-refractivity contribution is 6.36. The predicted molar refractivity (Wildman–Crippen MR) is 132 cm³/mol. The second-order valence-corrected chi connectivity index (χ2v) is 9.41. The molecule has 2 aliphatic heterocycles. The van der Waals surface area contributed by atoms with E-state index in [0.29, 0.717) is 49.7 Å². The molecule has 10 heteroatoms. The number of fused-ring (bicyclic) bond motifs is 1. The summed E-state index contributed by atoms with van der Waals surface area (Å²) in [5.41, 5.74) is -0.122. The van der Waals surface area contributed by atoms with E-state index in [4.69, 9.17) is 25.8 Å². The first-order chi connectivity index (χ1) is 17.3. The van der Waals surface area contributed by atoms with Gasteiger partial charge >= 0.3 is 0 Å². The highest BCUT2D eigenvalue weighted by Crippen LogP contribution is 2.53. The fourth-order valence-corrected chi connectivity index (χ4v) is 5.53. The molecule has 3 heterocycles. The summed E-state index contributed by atoms with van der Waals surface area (Å²) in [5.74, 6) is 0.0524. The molecule has 186 valence electrons. The van der Waals surface area contributed by atoms with E-state index in [1.807, 2.05) is 6.92 Å². The number of carbonyl (C=O) groups excluding carboxylic acids is 2. The Hall–Kier alpha value is -3.77. The molecule has 1 fully saturated rings. The molecule has 0 bridgehead atoms. The van der Waals surface area contributed by atoms with Gasteiger partial charge in [-0.2, -0.15) is 5.26 Å². The molecule has 0 amide bonds. The molecular formula is C26H25ClN4O5. The number of methoxy groups -OCH3 is 2. The lowest BCUT2D eigenvalue weighted by Crippen LogP contribution is -2.56. The summed E-state index contributed by atoms with van der Waals surface area (Å²) in [6.07, 6.45) is 3.69. The van der Waals surface area contributed by atoms with Crippen LogP contribution in [0.15, 0.2) is 36.2 Å². The maximum absolute atomic E-state index is 13.7. The van der Waals surface area contributed by atoms with Crippen molar-refractivity contribution in [2.75, 3.05) is 45.3 Å². The zero-order valence-electron chi connectivity index (χ0n) is 20.2. The minimum Gasteiger partial charge on any atom is -0.496 e. The van der Waals surface area contributed by atoms with Gasteiger partial charge in [-0.15, -0.1) is 0 Å². The van der Waals surface area contributed by atoms with Crippen molar-refractivity contribution in [3.63, 3.8) is 0 Å². The minimum atomic E-state index is -1.69. The number of aromatic nitrogens is 1. The first kappa shape index (κ1) is 23.9. The second-order valence-electron chi connectivity index (χ2n) is 9.03. The highest BCUT2D eigenvalue weighted by atomic mass is 35.5. The Morgan fingerprint density at radius 1 is 1.17 bits per heavy atom. The van der Waals surface area contributed by atoms with Crippen LogP contribution in [-0.2, 0) is 4.79 Å². The monoisotopic (exact) mass is 508 g/mol. The maximum Gasteiger partial charge on any atom is 0.236 e. The third-order valence-corrected chi connectivity index (χ3v) is 7.54. The molecule has 1 saturated heterocycles. The van der Waals surface area contributed by atoms with E-state index >= 15 is 0 Å². The van der Waals surface area contributed by atoms with Gasteiger partial charge in [-0.3, -0.25) is 9.59 Å². The molecule has 0 radical (unpaired) electrons. The van der Waals surface area contributed by atoms with Gasteiger partial charge in [0, 0.05) is 56.1 Å². The Morgan fingerprint density at radius 2 is 1.86 bits per heavy atom. The topological polar surface area (TPSA) is 105 Å². The normalized spacial score (nSPS) is 23.2. The number of Topliss-reactive ketones (excluding diaryl/α,β-unsaturated/α-hetero) is 1. The smallest absolute Gasteiger partial charge is 0.236 e. The van der Waals surface area contributed by atoms with E-state index in [1.54, 1.807) is 18.3 Å². The minimum absolute atomic E-state index is 0.118. The Kier molecular flexibility index (Phi) is 6.00. The summed E-state index contributed by atoms with van der Waals surface area (Å²) in [4.78, 5) is 35.8. The number of nitriles is 1. The predicted octanol–water partition coefficient (Wildman–Crippen LogP) is 3.25. The molecular weight excluding hydrogens is 484 g/mol. The number of halogens is 1. The van der Waals surface area contributed by atoms with Crippen molar-refractivity contribution < 1.29 is 23.8 Å². The zero-order valence-corrected chi connectivity index (χ0v) is 21.0. The fraction of sp³-hybridized carbons (Fsp3) is 0.385. The molecule has 2 atom stereocenters. The standard InChI is InChI=1S/C26H25ClN4O5/c1-15-11-17(30-7-9-31(10-8-30)25-16(14-28)5-4-6-29-25)12-20(32)26(15)24(33)21-18(34-2)13-19(35-3)22(27)23(21)36-26/h4-6,12-13,15H,7-11H2,1-3H3/t15-,26+/m1/s1. The van der Waals surface area contributed by atoms with Crippen molar-refractivity contribution in [2.24, 2.45) is 5.92 Å². The number of hydrogen-bond donors (Lipinski definition) is 0. The average Bonchev–Trinajstić information content (AvgIpc) is 3.22. The lowest BCUT2D eigenvalue weighted by molar-refractivity contribution is -0.129. The average molecular weight is 509 g/mol. The highest BCUT2D eigenvalue weighted by Gasteiger charge is 2.60. The fourth-order valence-electron chi connectivity index (χ4n) is 5.27. The van der Waals surface area contributed by atoms with Gasteiger partial charge in [0.25, 0.3) is 0 Å². The van der Waals surface area contributed by atoms with E-state index in [2.05, 4.69) is 20.9 Å². The van der Waals surface area contributed by atoms with Gasteiger partial charge in [0.05, 0.1) is 19.8 Å². The number of nitrogens with zero attached hydrogens (tertiary/aromatic N) is 4. The summed E-state index contributed by atoms with van der Waals surface area (Å²) < 4.78 is 16.8. The van der Waals surface area contributed by atoms with Crippen molar-refractivity contribution in [2.45, 2.75) is 18.9 Å². The molecule has 2 aromatic rings. The van der Waals surface area contributed by atoms with Crippen LogP contribution in [-0.4, -0.2) is 67.5 Å². The van der Waals surface area contributed by atoms with Gasteiger partial charge in [-0.1, -0.05) is 18.5 Å². The van der Waals surface area contributed by atoms with Gasteiger partial charge in [0.1, 0.15) is 34.0 Å². The molecule has 1 spiro atoms. The van der Waals surface area contributed by atoms with Crippen LogP contribution in [0.1, 0.15) is 29.3 Å². The van der Waals surface area contributed by atoms with Crippen LogP contribution in [0.4, 0.5) is 5.82 Å². The van der Waals surface area contributed by atoms with Gasteiger partial charge in [0.2, 0.25) is 17.2 Å². The molecule has 9 nitrogen and oxygen atoms in total. The lowest BCUT2D eigenvalue weighted by atomic mass is 9.74. The van der Waals surface area contributed by atoms with Crippen LogP contribution in [0.5, 0.6) is 17.2 Å². The first-order valence-corrected chi connectivity index (χ1v) is 12.0. The third kappa shape index (κ3) is 3.47. The van der Waals surface area contributed by atoms with E-state index in [0.717, 1.165) is 5.70 Å². The molecule has 0 N–H and O–H groups in total. The molecule has 0 unspecified atom stereocenters. The molecule has 36 heavy (non-hydrogen) atoms. The van der Waals surface area contributed by atoms with Crippen LogP contribution in [0.25, 0.3) is 0 Å². The first-order valence-electron chi connectivity index (χ1n) is 11.6. The number of anilines is 1. The summed E-state index contributed by atoms with van der Waals surface area (Å²) in [6, 6.07) is 7.22. The van der Waals surface area contributed by atoms with E-state index < -0.39 is 23.1 Å². The van der Waals surface area contributed by atoms with E-state index in [9.17, 15) is 14.9 Å². The Labute approximate surface area is 213 Å². The second kappa shape index (κ2) is 9.03. The van der Waals surface area contributed by atoms with Crippen molar-refractivity contribution >= 4 is 29.0 Å². The number of ether oxygens (including phenoxy) is 3. The lowest BCUT2D eigenvalue weighted by Gasteiger charge is -2.42. The Morgan fingerprint density at radius 3 is 2.50 bits per heavy atom. The number of benzene rings is 1. The molecule has 1 aromatic carbocycles. The largest absolute Gasteiger partial charge is 0.496 e. The summed E-state index contributed by atoms with van der Waals surface area (Å²) in [6.45, 7) is 4.47. The summed E-state index contributed by atoms with van der Waals surface area (Å²) >= 11 is 6.46. The number of allylic oxidation sites excluding steroid dienone is 1. The van der Waals surface area contributed by atoms with Crippen LogP contribution in [0.3, 0.4) is 0 Å². The molecule has 0 saturated carbocycles. The van der Waals surface area contributed by atoms with Gasteiger partial charge in [0.15, 0.2) is 5.75 Å². The van der Waals surface area contributed by atoms with Crippen LogP contribution < -0.4 is 19.1 Å².